The van der Waals surface area contributed by atoms with Crippen LogP contribution in [0, 0.1) is 0 Å². The Balaban J connectivity index is 5.43. The normalized spacial score (nSPS) is 14.7. The molecule has 5 atom stereocenters. The van der Waals surface area contributed by atoms with E-state index in [0.29, 0.717) is 32.1 Å². The molecule has 0 saturated heterocycles. The second-order valence-electron chi connectivity index (χ2n) is 24.5. The number of esters is 4. The minimum absolute atomic E-state index is 0.0507. The van der Waals surface area contributed by atoms with Gasteiger partial charge >= 0.3 is 39.5 Å². The van der Waals surface area contributed by atoms with Crippen LogP contribution in [0.2, 0.25) is 0 Å². The summed E-state index contributed by atoms with van der Waals surface area (Å²) in [4.78, 5) is 72.7. The van der Waals surface area contributed by atoms with Crippen molar-refractivity contribution in [2.45, 2.75) is 303 Å². The Kier molecular flexibility index (Phi) is 67.2. The van der Waals surface area contributed by atoms with Gasteiger partial charge in [-0.1, -0.05) is 245 Å². The third-order valence-electron chi connectivity index (χ3n) is 15.1. The number of allylic oxidation sites excluding steroid dienone is 22. The number of aliphatic hydroxyl groups is 1. The minimum atomic E-state index is -5.00. The lowest BCUT2D eigenvalue weighted by Gasteiger charge is -2.21. The van der Waals surface area contributed by atoms with Crippen LogP contribution in [0.4, 0.5) is 0 Å². The van der Waals surface area contributed by atoms with Crippen LogP contribution in [0.25, 0.3) is 0 Å². The van der Waals surface area contributed by atoms with Gasteiger partial charge in [-0.2, -0.15) is 0 Å². The fraction of sp³-hybridized carbons (Fsp3) is 0.671. The lowest BCUT2D eigenvalue weighted by Crippen LogP contribution is -2.30. The molecule has 19 heteroatoms. The molecule has 0 bridgehead atoms. The SMILES string of the molecule is CC/C=C\C/C=C\C/C=C\C/C=C\C/C=C\CCCC(=O)OCC(COP(=O)(O)OCC(O)COP(=O)(O)OCC(COC(=O)CCCCCCC/C=C\CCCCCC)OC(=O)CCCCCCC/C=C\CCCC)OC(=O)CCCCCC/C=C\C/C=C\C/C=C\C/C=C\CC. The van der Waals surface area contributed by atoms with Crippen LogP contribution in [0.1, 0.15) is 285 Å². The molecule has 0 spiro atoms. The molecule has 0 saturated carbocycles. The quantitative estimate of drug-likeness (QED) is 0.0169. The van der Waals surface area contributed by atoms with Gasteiger partial charge in [0.05, 0.1) is 26.4 Å². The minimum Gasteiger partial charge on any atom is -0.462 e. The third kappa shape index (κ3) is 69.7. The zero-order chi connectivity index (χ0) is 71.8. The molecule has 98 heavy (non-hydrogen) atoms. The van der Waals surface area contributed by atoms with E-state index >= 15 is 0 Å². The Bertz CT molecular complexity index is 2380. The summed E-state index contributed by atoms with van der Waals surface area (Å²) in [7, 11) is -9.98. The number of carbonyl (C=O) groups is 4. The van der Waals surface area contributed by atoms with Crippen molar-refractivity contribution in [2.75, 3.05) is 39.6 Å². The van der Waals surface area contributed by atoms with Gasteiger partial charge in [-0.15, -0.1) is 0 Å². The van der Waals surface area contributed by atoms with E-state index in [1.165, 1.54) is 38.5 Å². The van der Waals surface area contributed by atoms with E-state index in [2.05, 4.69) is 149 Å². The van der Waals surface area contributed by atoms with Crippen LogP contribution in [0.15, 0.2) is 134 Å². The van der Waals surface area contributed by atoms with Crippen LogP contribution in [0.3, 0.4) is 0 Å². The molecule has 0 rings (SSSR count). The van der Waals surface area contributed by atoms with Gasteiger partial charge in [-0.05, 0) is 148 Å². The van der Waals surface area contributed by atoms with Crippen molar-refractivity contribution in [3.05, 3.63) is 134 Å². The summed E-state index contributed by atoms with van der Waals surface area (Å²) in [5.74, 6) is -2.29. The maximum Gasteiger partial charge on any atom is 0.472 e. The predicted molar refractivity (Wildman–Crippen MR) is 399 cm³/mol. The molecule has 0 amide bonds. The monoisotopic (exact) mass is 1410 g/mol. The molecule has 5 unspecified atom stereocenters. The highest BCUT2D eigenvalue weighted by Crippen LogP contribution is 2.45. The van der Waals surface area contributed by atoms with Gasteiger partial charge < -0.3 is 33.8 Å². The van der Waals surface area contributed by atoms with Crippen LogP contribution < -0.4 is 0 Å². The number of ether oxygens (including phenoxy) is 4. The number of rotatable bonds is 69. The Hall–Kier alpha value is -4.80. The molecule has 0 aromatic heterocycles. The first kappa shape index (κ1) is 93.2. The summed E-state index contributed by atoms with van der Waals surface area (Å²) >= 11 is 0. The van der Waals surface area contributed by atoms with Crippen LogP contribution in [0.5, 0.6) is 0 Å². The average Bonchev–Trinajstić information content (AvgIpc) is 0.980. The lowest BCUT2D eigenvalue weighted by molar-refractivity contribution is -0.161. The fourth-order valence-electron chi connectivity index (χ4n) is 9.40. The summed E-state index contributed by atoms with van der Waals surface area (Å²) in [6, 6.07) is 0. The van der Waals surface area contributed by atoms with E-state index in [9.17, 15) is 43.2 Å². The van der Waals surface area contributed by atoms with Crippen LogP contribution in [-0.2, 0) is 65.4 Å². The van der Waals surface area contributed by atoms with Gasteiger partial charge in [-0.3, -0.25) is 37.3 Å². The summed E-state index contributed by atoms with van der Waals surface area (Å²) in [5, 5.41) is 10.6. The van der Waals surface area contributed by atoms with E-state index in [-0.39, 0.29) is 25.7 Å². The number of carbonyl (C=O) groups excluding carboxylic acids is 4. The maximum atomic E-state index is 13.1. The largest absolute Gasteiger partial charge is 0.472 e. The van der Waals surface area contributed by atoms with Gasteiger partial charge in [0, 0.05) is 25.7 Å². The average molecular weight is 1420 g/mol. The highest BCUT2D eigenvalue weighted by Gasteiger charge is 2.30. The molecule has 3 N–H and O–H groups in total. The molecule has 0 heterocycles. The summed E-state index contributed by atoms with van der Waals surface area (Å²) in [5.41, 5.74) is 0. The zero-order valence-corrected chi connectivity index (χ0v) is 62.7. The topological polar surface area (TPSA) is 237 Å². The number of hydrogen-bond acceptors (Lipinski definition) is 15. The van der Waals surface area contributed by atoms with E-state index in [1.54, 1.807) is 0 Å². The van der Waals surface area contributed by atoms with Gasteiger partial charge in [0.25, 0.3) is 0 Å². The molecule has 17 nitrogen and oxygen atoms in total. The Morgan fingerprint density at radius 2 is 0.551 bits per heavy atom. The number of phosphoric acid groups is 2. The van der Waals surface area contributed by atoms with Crippen molar-refractivity contribution in [1.29, 1.82) is 0 Å². The second kappa shape index (κ2) is 70.6. The van der Waals surface area contributed by atoms with Gasteiger partial charge in [0.1, 0.15) is 19.3 Å². The van der Waals surface area contributed by atoms with E-state index in [4.69, 9.17) is 37.0 Å². The first-order valence-electron chi connectivity index (χ1n) is 37.4. The molecule has 560 valence electrons. The molecule has 0 aromatic rings. The van der Waals surface area contributed by atoms with Crippen molar-refractivity contribution in [3.8, 4) is 0 Å². The molecule has 0 aliphatic rings. The van der Waals surface area contributed by atoms with Crippen molar-refractivity contribution in [3.63, 3.8) is 0 Å². The van der Waals surface area contributed by atoms with Crippen molar-refractivity contribution >= 4 is 39.5 Å². The van der Waals surface area contributed by atoms with Crippen molar-refractivity contribution in [1.82, 2.24) is 0 Å². The molecule has 0 radical (unpaired) electrons. The Morgan fingerprint density at radius 3 is 0.898 bits per heavy atom. The highest BCUT2D eigenvalue weighted by molar-refractivity contribution is 7.47. The predicted octanol–water partition coefficient (Wildman–Crippen LogP) is 21.3. The Labute approximate surface area is 593 Å². The number of aliphatic hydroxyl groups excluding tert-OH is 1. The van der Waals surface area contributed by atoms with E-state index in [1.807, 2.05) is 12.2 Å². The molecule has 0 aliphatic heterocycles. The molecular formula is C79H132O17P2. The van der Waals surface area contributed by atoms with Crippen LogP contribution in [-0.4, -0.2) is 96.7 Å². The summed E-state index contributed by atoms with van der Waals surface area (Å²) in [6.45, 7) is 4.46. The van der Waals surface area contributed by atoms with E-state index < -0.39 is 97.5 Å². The van der Waals surface area contributed by atoms with Gasteiger partial charge in [-0.25, -0.2) is 9.13 Å². The number of unbranched alkanes of at least 4 members (excludes halogenated alkanes) is 21. The third-order valence-corrected chi connectivity index (χ3v) is 17.0. The van der Waals surface area contributed by atoms with Crippen LogP contribution >= 0.6 is 15.6 Å². The van der Waals surface area contributed by atoms with Crippen molar-refractivity contribution in [2.24, 2.45) is 0 Å². The van der Waals surface area contributed by atoms with Crippen molar-refractivity contribution < 1.29 is 80.2 Å². The molecule has 0 fully saturated rings. The fourth-order valence-corrected chi connectivity index (χ4v) is 11.0. The maximum absolute atomic E-state index is 13.1. The number of hydrogen-bond donors (Lipinski definition) is 3. The lowest BCUT2D eigenvalue weighted by atomic mass is 10.1. The molecule has 0 aliphatic carbocycles. The molecule has 0 aromatic carbocycles. The summed E-state index contributed by atoms with van der Waals surface area (Å²) in [6.07, 6.45) is 77.5. The van der Waals surface area contributed by atoms with E-state index in [0.717, 1.165) is 161 Å². The van der Waals surface area contributed by atoms with Gasteiger partial charge in [0.15, 0.2) is 12.2 Å². The van der Waals surface area contributed by atoms with Gasteiger partial charge in [0.2, 0.25) is 0 Å². The smallest absolute Gasteiger partial charge is 0.462 e. The first-order chi connectivity index (χ1) is 47.7. The number of phosphoric ester groups is 2. The zero-order valence-electron chi connectivity index (χ0n) is 60.9. The summed E-state index contributed by atoms with van der Waals surface area (Å²) < 4.78 is 68.3. The standard InChI is InChI=1S/C79H132O17P2/c1-5-9-13-17-21-25-29-32-34-36-38-41-45-48-52-56-60-64-77(82)90-70-75(96-79(84)66-62-58-54-50-46-42-39-37-35-33-30-26-22-18-14-10-6-2)72-94-98(87,88)92-68-73(80)67-91-97(85,86)93-71-74(95-78(83)65-61-57-53-49-43-28-24-20-16-12-8-4)69-89-76(81)63-59-55-51-47-44-40-31-27-23-19-15-11-7-3/h9-10,13-14,20-22,24-27,31-35,38-39,41-42,48,52,73-75,80H,5-8,11-12,15-19,23,28-30,36-37,40,43-47,49-51,53-72H2,1-4H3,(H,85,86)(H,87,88)/b13-9-,14-10-,24-20-,25-21-,26-22-,31-27-,34-32-,35-33-,41-38-,42-39-,52-48-. The Morgan fingerprint density at radius 1 is 0.296 bits per heavy atom. The first-order valence-corrected chi connectivity index (χ1v) is 40.4. The highest BCUT2D eigenvalue weighted by atomic mass is 31.2. The second-order valence-corrected chi connectivity index (χ2v) is 27.4. The molecular weight excluding hydrogens is 1280 g/mol.